The molecule has 1 aliphatic heterocycles. The molecule has 17 heavy (non-hydrogen) atoms. The number of nitrogens with zero attached hydrogens (tertiary/aromatic N) is 1. The lowest BCUT2D eigenvalue weighted by molar-refractivity contribution is 0.0718. The Morgan fingerprint density at radius 1 is 1.18 bits per heavy atom. The first-order chi connectivity index (χ1) is 8.08. The van der Waals surface area contributed by atoms with Crippen molar-refractivity contribution in [3.8, 4) is 0 Å². The molecule has 0 aromatic heterocycles. The molecule has 1 rings (SSSR count). The second-order valence-electron chi connectivity index (χ2n) is 5.15. The summed E-state index contributed by atoms with van der Waals surface area (Å²) >= 11 is 0. The van der Waals surface area contributed by atoms with Gasteiger partial charge in [-0.25, -0.2) is 0 Å². The third kappa shape index (κ3) is 4.41. The summed E-state index contributed by atoms with van der Waals surface area (Å²) in [6.07, 6.45) is 8.21. The van der Waals surface area contributed by atoms with Crippen LogP contribution in [0.15, 0.2) is 12.2 Å². The lowest BCUT2D eigenvalue weighted by Gasteiger charge is -2.38. The average molecular weight is 241 g/mol. The summed E-state index contributed by atoms with van der Waals surface area (Å²) < 4.78 is 0. The Balaban J connectivity index is 2.52. The van der Waals surface area contributed by atoms with Crippen LogP contribution in [0.4, 0.5) is 0 Å². The predicted molar refractivity (Wildman–Crippen MR) is 70.9 cm³/mol. The fourth-order valence-electron chi connectivity index (χ4n) is 2.40. The molecule has 0 saturated heterocycles. The summed E-state index contributed by atoms with van der Waals surface area (Å²) in [6.45, 7) is 4.02. The Bertz CT molecular complexity index is 242. The molecule has 0 saturated carbocycles. The van der Waals surface area contributed by atoms with Gasteiger partial charge in [-0.2, -0.15) is 0 Å². The standard InChI is InChI=1S/C14H27NO2/c1-4-13(16)9-11-7-6-8-12(15(11)3)10-14(17)5-2/h6-7,11-14,16-17H,4-5,8-10H2,1-3H3. The number of likely N-dealkylation sites (N-methyl/N-ethyl adjacent to an activating group) is 1. The molecule has 4 atom stereocenters. The van der Waals surface area contributed by atoms with Crippen molar-refractivity contribution < 1.29 is 10.2 Å². The van der Waals surface area contributed by atoms with Gasteiger partial charge < -0.3 is 10.2 Å². The van der Waals surface area contributed by atoms with Gasteiger partial charge in [-0.05, 0) is 39.2 Å². The van der Waals surface area contributed by atoms with Crippen molar-refractivity contribution in [2.45, 2.75) is 70.2 Å². The molecule has 0 radical (unpaired) electrons. The molecule has 2 N–H and O–H groups in total. The maximum Gasteiger partial charge on any atom is 0.0555 e. The molecule has 0 aliphatic carbocycles. The van der Waals surface area contributed by atoms with E-state index in [1.54, 1.807) is 0 Å². The zero-order valence-electron chi connectivity index (χ0n) is 11.3. The molecule has 0 bridgehead atoms. The van der Waals surface area contributed by atoms with Crippen molar-refractivity contribution in [2.24, 2.45) is 0 Å². The van der Waals surface area contributed by atoms with Crippen LogP contribution >= 0.6 is 0 Å². The summed E-state index contributed by atoms with van der Waals surface area (Å²) in [6, 6.07) is 0.719. The van der Waals surface area contributed by atoms with Crippen molar-refractivity contribution in [3.63, 3.8) is 0 Å². The minimum absolute atomic E-state index is 0.203. The fourth-order valence-corrected chi connectivity index (χ4v) is 2.40. The number of hydrogen-bond donors (Lipinski definition) is 2. The zero-order chi connectivity index (χ0) is 12.8. The van der Waals surface area contributed by atoms with Crippen LogP contribution < -0.4 is 0 Å². The molecule has 0 aromatic rings. The highest BCUT2D eigenvalue weighted by Gasteiger charge is 2.26. The van der Waals surface area contributed by atoms with Gasteiger partial charge in [0.05, 0.1) is 12.2 Å². The van der Waals surface area contributed by atoms with E-state index in [9.17, 15) is 10.2 Å². The maximum absolute atomic E-state index is 9.74. The number of aliphatic hydroxyl groups is 2. The van der Waals surface area contributed by atoms with Crippen LogP contribution in [0.5, 0.6) is 0 Å². The predicted octanol–water partition coefficient (Wildman–Crippen LogP) is 1.94. The Morgan fingerprint density at radius 2 is 1.76 bits per heavy atom. The normalized spacial score (nSPS) is 29.2. The van der Waals surface area contributed by atoms with Gasteiger partial charge in [0.15, 0.2) is 0 Å². The third-order valence-electron chi connectivity index (χ3n) is 3.87. The van der Waals surface area contributed by atoms with Gasteiger partial charge in [-0.3, -0.25) is 4.90 Å². The van der Waals surface area contributed by atoms with Gasteiger partial charge in [0.2, 0.25) is 0 Å². The average Bonchev–Trinajstić information content (AvgIpc) is 2.33. The molecular formula is C14H27NO2. The van der Waals surface area contributed by atoms with Crippen LogP contribution in [-0.4, -0.2) is 46.5 Å². The molecule has 3 heteroatoms. The Kier molecular flexibility index (Phi) is 6.17. The lowest BCUT2D eigenvalue weighted by atomic mass is 9.94. The Hall–Kier alpha value is -0.380. The van der Waals surface area contributed by atoms with Gasteiger partial charge in [0, 0.05) is 12.1 Å². The smallest absolute Gasteiger partial charge is 0.0555 e. The van der Waals surface area contributed by atoms with Crippen LogP contribution in [0.1, 0.15) is 46.0 Å². The summed E-state index contributed by atoms with van der Waals surface area (Å²) in [7, 11) is 2.10. The molecule has 4 unspecified atom stereocenters. The monoisotopic (exact) mass is 241 g/mol. The van der Waals surface area contributed by atoms with E-state index in [0.717, 1.165) is 32.1 Å². The summed E-state index contributed by atoms with van der Waals surface area (Å²) in [4.78, 5) is 2.30. The van der Waals surface area contributed by atoms with Crippen molar-refractivity contribution in [3.05, 3.63) is 12.2 Å². The quantitative estimate of drug-likeness (QED) is 0.698. The van der Waals surface area contributed by atoms with Crippen molar-refractivity contribution in [1.29, 1.82) is 0 Å². The molecule has 0 amide bonds. The molecule has 3 nitrogen and oxygen atoms in total. The highest BCUT2D eigenvalue weighted by atomic mass is 16.3. The Morgan fingerprint density at radius 3 is 2.35 bits per heavy atom. The first-order valence-corrected chi connectivity index (χ1v) is 6.83. The third-order valence-corrected chi connectivity index (χ3v) is 3.87. The van der Waals surface area contributed by atoms with Crippen LogP contribution in [0.2, 0.25) is 0 Å². The van der Waals surface area contributed by atoms with E-state index >= 15 is 0 Å². The number of aliphatic hydroxyl groups excluding tert-OH is 2. The number of rotatable bonds is 6. The first kappa shape index (κ1) is 14.7. The van der Waals surface area contributed by atoms with E-state index in [1.807, 2.05) is 13.8 Å². The molecule has 0 aromatic carbocycles. The van der Waals surface area contributed by atoms with Gasteiger partial charge in [-0.15, -0.1) is 0 Å². The van der Waals surface area contributed by atoms with E-state index in [2.05, 4.69) is 24.1 Å². The van der Waals surface area contributed by atoms with E-state index < -0.39 is 0 Å². The van der Waals surface area contributed by atoms with E-state index in [1.165, 1.54) is 0 Å². The van der Waals surface area contributed by atoms with Crippen molar-refractivity contribution in [1.82, 2.24) is 4.90 Å². The second-order valence-corrected chi connectivity index (χ2v) is 5.15. The topological polar surface area (TPSA) is 43.7 Å². The van der Waals surface area contributed by atoms with E-state index in [-0.39, 0.29) is 12.2 Å². The highest BCUT2D eigenvalue weighted by molar-refractivity contribution is 5.03. The van der Waals surface area contributed by atoms with Gasteiger partial charge >= 0.3 is 0 Å². The first-order valence-electron chi connectivity index (χ1n) is 6.83. The van der Waals surface area contributed by atoms with E-state index in [4.69, 9.17) is 0 Å². The SMILES string of the molecule is CCC(O)CC1C=CCC(CC(O)CC)N1C. The minimum atomic E-state index is -0.220. The zero-order valence-corrected chi connectivity index (χ0v) is 11.3. The Labute approximate surface area is 105 Å². The van der Waals surface area contributed by atoms with Crippen molar-refractivity contribution in [2.75, 3.05) is 7.05 Å². The highest BCUT2D eigenvalue weighted by Crippen LogP contribution is 2.23. The van der Waals surface area contributed by atoms with Crippen LogP contribution in [-0.2, 0) is 0 Å². The van der Waals surface area contributed by atoms with Crippen LogP contribution in [0.25, 0.3) is 0 Å². The minimum Gasteiger partial charge on any atom is -0.393 e. The summed E-state index contributed by atoms with van der Waals surface area (Å²) in [5.41, 5.74) is 0. The largest absolute Gasteiger partial charge is 0.393 e. The fraction of sp³-hybridized carbons (Fsp3) is 0.857. The van der Waals surface area contributed by atoms with E-state index in [0.29, 0.717) is 12.1 Å². The van der Waals surface area contributed by atoms with Crippen molar-refractivity contribution >= 4 is 0 Å². The lowest BCUT2D eigenvalue weighted by Crippen LogP contribution is -2.44. The molecule has 0 spiro atoms. The molecule has 0 fully saturated rings. The maximum atomic E-state index is 9.74. The van der Waals surface area contributed by atoms with Gasteiger partial charge in [0.25, 0.3) is 0 Å². The molecule has 1 aliphatic rings. The van der Waals surface area contributed by atoms with Crippen LogP contribution in [0, 0.1) is 0 Å². The number of hydrogen-bond acceptors (Lipinski definition) is 3. The van der Waals surface area contributed by atoms with Gasteiger partial charge in [-0.1, -0.05) is 26.0 Å². The van der Waals surface area contributed by atoms with Crippen LogP contribution in [0.3, 0.4) is 0 Å². The van der Waals surface area contributed by atoms with Gasteiger partial charge in [0.1, 0.15) is 0 Å². The second kappa shape index (κ2) is 7.14. The molecular weight excluding hydrogens is 214 g/mol. The molecule has 100 valence electrons. The molecule has 1 heterocycles. The summed E-state index contributed by atoms with van der Waals surface area (Å²) in [5.74, 6) is 0. The summed E-state index contributed by atoms with van der Waals surface area (Å²) in [5, 5.41) is 19.5.